The minimum Gasteiger partial charge on any atom is -0.478 e. The van der Waals surface area contributed by atoms with Crippen LogP contribution in [0.5, 0.6) is 0 Å². The summed E-state index contributed by atoms with van der Waals surface area (Å²) in [5.41, 5.74) is 0.725. The van der Waals surface area contributed by atoms with Gasteiger partial charge in [-0.3, -0.25) is 0 Å². The maximum Gasteiger partial charge on any atom is 0.405 e. The van der Waals surface area contributed by atoms with Crippen LogP contribution in [0.15, 0.2) is 24.3 Å². The van der Waals surface area contributed by atoms with Crippen LogP contribution in [0.1, 0.15) is 5.56 Å². The van der Waals surface area contributed by atoms with Crippen molar-refractivity contribution in [1.82, 2.24) is 0 Å². The van der Waals surface area contributed by atoms with Gasteiger partial charge in [-0.2, -0.15) is 13.2 Å². The van der Waals surface area contributed by atoms with Gasteiger partial charge >= 0.3 is 12.1 Å². The zero-order valence-corrected chi connectivity index (χ0v) is 10.7. The number of benzene rings is 1. The van der Waals surface area contributed by atoms with Crippen molar-refractivity contribution < 1.29 is 23.1 Å². The first-order valence-electron chi connectivity index (χ1n) is 5.17. The molecule has 0 fully saturated rings. The second-order valence-electron chi connectivity index (χ2n) is 3.85. The average molecular weight is 294 g/mol. The predicted molar refractivity (Wildman–Crippen MR) is 67.4 cm³/mol. The van der Waals surface area contributed by atoms with E-state index in [1.54, 1.807) is 0 Å². The fourth-order valence-electron chi connectivity index (χ4n) is 1.41. The van der Waals surface area contributed by atoms with Crippen molar-refractivity contribution in [3.05, 3.63) is 34.9 Å². The molecule has 7 heteroatoms. The molecule has 1 aromatic carbocycles. The van der Waals surface area contributed by atoms with Crippen LogP contribution in [0.2, 0.25) is 5.02 Å². The molecule has 0 aromatic heterocycles. The van der Waals surface area contributed by atoms with Gasteiger partial charge in [0.1, 0.15) is 6.54 Å². The van der Waals surface area contributed by atoms with Gasteiger partial charge in [-0.15, -0.1) is 0 Å². The summed E-state index contributed by atoms with van der Waals surface area (Å²) < 4.78 is 36.7. The van der Waals surface area contributed by atoms with Crippen LogP contribution < -0.4 is 4.90 Å². The molecule has 0 spiro atoms. The molecule has 0 aliphatic heterocycles. The van der Waals surface area contributed by atoms with Crippen LogP contribution in [0.4, 0.5) is 18.9 Å². The minimum atomic E-state index is -4.30. The van der Waals surface area contributed by atoms with E-state index in [1.165, 1.54) is 31.3 Å². The van der Waals surface area contributed by atoms with Gasteiger partial charge in [0.2, 0.25) is 0 Å². The topological polar surface area (TPSA) is 40.5 Å². The standard InChI is InChI=1S/C12H11ClF3NO2/c1-17(7-12(14,15)16)9-4-2-8(10(13)6-9)3-5-11(18)19/h2-6H,7H2,1H3,(H,18,19)/b5-3+. The second kappa shape index (κ2) is 5.97. The quantitative estimate of drug-likeness (QED) is 0.865. The molecular formula is C12H11ClF3NO2. The molecule has 19 heavy (non-hydrogen) atoms. The third-order valence-corrected chi connectivity index (χ3v) is 2.57. The molecule has 0 saturated heterocycles. The Morgan fingerprint density at radius 3 is 2.58 bits per heavy atom. The van der Waals surface area contributed by atoms with Gasteiger partial charge in [-0.1, -0.05) is 17.7 Å². The van der Waals surface area contributed by atoms with Gasteiger partial charge in [-0.25, -0.2) is 4.79 Å². The Balaban J connectivity index is 2.90. The van der Waals surface area contributed by atoms with Crippen molar-refractivity contribution in [2.75, 3.05) is 18.5 Å². The molecule has 1 rings (SSSR count). The summed E-state index contributed by atoms with van der Waals surface area (Å²) >= 11 is 5.88. The smallest absolute Gasteiger partial charge is 0.405 e. The first-order valence-corrected chi connectivity index (χ1v) is 5.55. The number of nitrogens with zero attached hydrogens (tertiary/aromatic N) is 1. The lowest BCUT2D eigenvalue weighted by Crippen LogP contribution is -2.30. The Labute approximate surface area is 112 Å². The molecule has 0 unspecified atom stereocenters. The summed E-state index contributed by atoms with van der Waals surface area (Å²) in [6, 6.07) is 4.26. The fraction of sp³-hybridized carbons (Fsp3) is 0.250. The highest BCUT2D eigenvalue weighted by atomic mass is 35.5. The first-order chi connectivity index (χ1) is 8.69. The molecule has 0 amide bonds. The van der Waals surface area contributed by atoms with Crippen molar-refractivity contribution >= 4 is 29.3 Å². The molecule has 0 bridgehead atoms. The number of carboxylic acids is 1. The van der Waals surface area contributed by atoms with E-state index in [4.69, 9.17) is 16.7 Å². The second-order valence-corrected chi connectivity index (χ2v) is 4.26. The number of alkyl halides is 3. The Kier molecular flexibility index (Phi) is 4.83. The SMILES string of the molecule is CN(CC(F)(F)F)c1ccc(/C=C/C(=O)O)c(Cl)c1. The van der Waals surface area contributed by atoms with Gasteiger partial charge < -0.3 is 10.0 Å². The summed E-state index contributed by atoms with van der Waals surface area (Å²) in [7, 11) is 1.30. The number of hydrogen-bond acceptors (Lipinski definition) is 2. The molecule has 104 valence electrons. The number of halogens is 4. The molecular weight excluding hydrogens is 283 g/mol. The Morgan fingerprint density at radius 2 is 2.11 bits per heavy atom. The van der Waals surface area contributed by atoms with Crippen LogP contribution in [0, 0.1) is 0 Å². The molecule has 3 nitrogen and oxygen atoms in total. The molecule has 0 heterocycles. The predicted octanol–water partition coefficient (Wildman–Crippen LogP) is 3.44. The van der Waals surface area contributed by atoms with E-state index in [2.05, 4.69) is 0 Å². The van der Waals surface area contributed by atoms with Crippen molar-refractivity contribution in [2.24, 2.45) is 0 Å². The van der Waals surface area contributed by atoms with E-state index < -0.39 is 18.7 Å². The summed E-state index contributed by atoms with van der Waals surface area (Å²) in [4.78, 5) is 11.4. The van der Waals surface area contributed by atoms with Crippen LogP contribution in [0.25, 0.3) is 6.08 Å². The number of carboxylic acid groups (broad SMARTS) is 1. The number of rotatable bonds is 4. The van der Waals surface area contributed by atoms with Crippen molar-refractivity contribution in [2.45, 2.75) is 6.18 Å². The van der Waals surface area contributed by atoms with Crippen molar-refractivity contribution in [3.8, 4) is 0 Å². The first kappa shape index (κ1) is 15.4. The highest BCUT2D eigenvalue weighted by molar-refractivity contribution is 6.32. The fourth-order valence-corrected chi connectivity index (χ4v) is 1.65. The largest absolute Gasteiger partial charge is 0.478 e. The number of carbonyl (C=O) groups is 1. The zero-order chi connectivity index (χ0) is 14.6. The monoisotopic (exact) mass is 293 g/mol. The summed E-state index contributed by atoms with van der Waals surface area (Å²) in [6.45, 7) is -1.09. The third kappa shape index (κ3) is 5.21. The van der Waals surface area contributed by atoms with Gasteiger partial charge in [0.15, 0.2) is 0 Å². The minimum absolute atomic E-state index is 0.184. The highest BCUT2D eigenvalue weighted by Gasteiger charge is 2.29. The van der Waals surface area contributed by atoms with Crippen molar-refractivity contribution in [3.63, 3.8) is 0 Å². The summed E-state index contributed by atoms with van der Waals surface area (Å²) in [6.07, 6.45) is -2.12. The molecule has 0 radical (unpaired) electrons. The number of anilines is 1. The number of hydrogen-bond donors (Lipinski definition) is 1. The van der Waals surface area contributed by atoms with Crippen molar-refractivity contribution in [1.29, 1.82) is 0 Å². The molecule has 0 saturated carbocycles. The average Bonchev–Trinajstić information content (AvgIpc) is 2.24. The molecule has 0 aliphatic rings. The van der Waals surface area contributed by atoms with Gasteiger partial charge in [0.25, 0.3) is 0 Å². The highest BCUT2D eigenvalue weighted by Crippen LogP contribution is 2.26. The van der Waals surface area contributed by atoms with E-state index in [9.17, 15) is 18.0 Å². The Morgan fingerprint density at radius 1 is 1.47 bits per heavy atom. The lowest BCUT2D eigenvalue weighted by atomic mass is 10.2. The van der Waals surface area contributed by atoms with E-state index in [0.717, 1.165) is 11.0 Å². The maximum absolute atomic E-state index is 12.2. The van der Waals surface area contributed by atoms with Crippen LogP contribution >= 0.6 is 11.6 Å². The summed E-state index contributed by atoms with van der Waals surface area (Å²) in [5, 5.41) is 8.66. The van der Waals surface area contributed by atoms with E-state index in [0.29, 0.717) is 11.3 Å². The Bertz CT molecular complexity index is 500. The lowest BCUT2D eigenvalue weighted by Gasteiger charge is -2.21. The number of aliphatic carboxylic acids is 1. The van der Waals surface area contributed by atoms with Gasteiger partial charge in [-0.05, 0) is 23.8 Å². The molecule has 1 N–H and O–H groups in total. The van der Waals surface area contributed by atoms with Gasteiger partial charge in [0, 0.05) is 23.8 Å². The van der Waals surface area contributed by atoms with Gasteiger partial charge in [0.05, 0.1) is 0 Å². The third-order valence-electron chi connectivity index (χ3n) is 2.25. The molecule has 0 aliphatic carbocycles. The summed E-state index contributed by atoms with van der Waals surface area (Å²) in [5.74, 6) is -1.13. The van der Waals surface area contributed by atoms with E-state index in [-0.39, 0.29) is 5.02 Å². The molecule has 1 aromatic rings. The van der Waals surface area contributed by atoms with E-state index >= 15 is 0 Å². The Hall–Kier alpha value is -1.69. The van der Waals surface area contributed by atoms with Crippen LogP contribution in [0.3, 0.4) is 0 Å². The maximum atomic E-state index is 12.2. The lowest BCUT2D eigenvalue weighted by molar-refractivity contribution is -0.131. The normalized spacial score (nSPS) is 11.8. The van der Waals surface area contributed by atoms with Crippen LogP contribution in [-0.4, -0.2) is 30.8 Å². The van der Waals surface area contributed by atoms with E-state index in [1.807, 2.05) is 0 Å². The molecule has 0 atom stereocenters. The zero-order valence-electron chi connectivity index (χ0n) is 9.91. The van der Waals surface area contributed by atoms with Crippen LogP contribution in [-0.2, 0) is 4.79 Å².